The fraction of sp³-hybridized carbons (Fsp3) is 0.484. The maximum atomic E-state index is 13.6. The Balaban J connectivity index is 0.000000165. The smallest absolute Gasteiger partial charge is 0.870 e. The van der Waals surface area contributed by atoms with Crippen LogP contribution in [0.15, 0.2) is 56.0 Å². The molecule has 5 amide bonds. The number of pyridine rings is 3. The molecule has 6 aromatic rings. The van der Waals surface area contributed by atoms with Crippen LogP contribution < -0.4 is 117 Å². The summed E-state index contributed by atoms with van der Waals surface area (Å²) in [7, 11) is 0. The van der Waals surface area contributed by atoms with Crippen LogP contribution >= 0.6 is 50.7 Å². The van der Waals surface area contributed by atoms with E-state index in [0.717, 1.165) is 31.2 Å². The van der Waals surface area contributed by atoms with Crippen LogP contribution in [0.2, 0.25) is 15.1 Å². The molecule has 2 saturated carbocycles. The number of anilines is 8. The number of nitrogens with zero attached hydrogens (tertiary/aromatic N) is 12. The number of hydrogen-bond donors (Lipinski definition) is 9. The number of piperidine rings is 3. The van der Waals surface area contributed by atoms with Crippen LogP contribution in [0.1, 0.15) is 112 Å². The molecule has 8 aliphatic rings. The zero-order valence-electron chi connectivity index (χ0n) is 55.8. The van der Waals surface area contributed by atoms with Crippen molar-refractivity contribution in [2.24, 2.45) is 11.8 Å². The van der Waals surface area contributed by atoms with E-state index in [2.05, 4.69) is 83.1 Å². The molecule has 3 saturated heterocycles. The van der Waals surface area contributed by atoms with E-state index in [-0.39, 0.29) is 196 Å². The first-order chi connectivity index (χ1) is 47.9. The first kappa shape index (κ1) is 80.1. The van der Waals surface area contributed by atoms with E-state index in [0.29, 0.717) is 99.1 Å². The first-order valence-electron chi connectivity index (χ1n) is 32.1. The predicted molar refractivity (Wildman–Crippen MR) is 367 cm³/mol. The topological polar surface area (TPSA) is 405 Å². The number of aryl methyl sites for hydroxylation is 3. The van der Waals surface area contributed by atoms with Gasteiger partial charge in [-0.15, -0.1) is 0 Å². The summed E-state index contributed by atoms with van der Waals surface area (Å²) < 4.78 is 80.8. The molecule has 0 unspecified atom stereocenters. The van der Waals surface area contributed by atoms with Crippen LogP contribution in [-0.2, 0) is 26.6 Å². The number of halogens is 10. The van der Waals surface area contributed by atoms with E-state index in [4.69, 9.17) is 46.3 Å². The number of carbonyl (C=O) groups is 5. The maximum absolute atomic E-state index is 13.6. The number of rotatable bonds is 14. The van der Waals surface area contributed by atoms with Crippen LogP contribution in [0.4, 0.5) is 72.6 Å². The first-order valence-corrected chi connectivity index (χ1v) is 34.0. The zero-order chi connectivity index (χ0) is 72.7. The number of carbonyl (C=O) groups excluding carboxylic acids is 5. The van der Waals surface area contributed by atoms with Crippen LogP contribution in [-0.4, -0.2) is 171 Å². The van der Waals surface area contributed by atoms with Crippen molar-refractivity contribution in [3.05, 3.63) is 122 Å². The molecule has 103 heavy (non-hydrogen) atoms. The van der Waals surface area contributed by atoms with Crippen molar-refractivity contribution >= 4 is 127 Å². The molecule has 2 aliphatic carbocycles. The van der Waals surface area contributed by atoms with E-state index < -0.39 is 47.4 Å². The fourth-order valence-electron chi connectivity index (χ4n) is 13.2. The largest absolute Gasteiger partial charge is 1.00 e. The molecule has 0 radical (unpaired) electrons. The number of alkyl halides is 6. The van der Waals surface area contributed by atoms with Crippen molar-refractivity contribution < 1.29 is 107 Å². The van der Waals surface area contributed by atoms with Crippen molar-refractivity contribution in [3.8, 4) is 0 Å². The van der Waals surface area contributed by atoms with Gasteiger partial charge in [-0.3, -0.25) is 66.8 Å². The zero-order valence-corrected chi connectivity index (χ0v) is 62.8. The molecule has 548 valence electrons. The number of amides is 5. The molecule has 6 aromatic heterocycles. The van der Waals surface area contributed by atoms with Crippen molar-refractivity contribution in [1.82, 2.24) is 74.3 Å². The van der Waals surface area contributed by atoms with Gasteiger partial charge in [-0.1, -0.05) is 34.8 Å². The molecular weight excluding hydrogens is 1520 g/mol. The molecule has 6 aliphatic heterocycles. The summed E-state index contributed by atoms with van der Waals surface area (Å²) in [5.41, 5.74) is 10.3. The minimum absolute atomic E-state index is 0. The summed E-state index contributed by atoms with van der Waals surface area (Å²) in [4.78, 5) is 129. The van der Waals surface area contributed by atoms with Gasteiger partial charge in [-0.2, -0.15) is 0 Å². The van der Waals surface area contributed by atoms with Gasteiger partial charge in [0, 0.05) is 89.6 Å². The van der Waals surface area contributed by atoms with Gasteiger partial charge in [0.1, 0.15) is 91.1 Å². The summed E-state index contributed by atoms with van der Waals surface area (Å²) in [6.07, 6.45) is 2.12. The summed E-state index contributed by atoms with van der Waals surface area (Å²) in [5.74, 6) is -0.209. The number of nitrogen functional groups attached to an aromatic ring is 2. The minimum atomic E-state index is -2.45. The van der Waals surface area contributed by atoms with Crippen LogP contribution in [0.25, 0.3) is 0 Å². The Labute approximate surface area is 648 Å². The average Bonchev–Trinajstić information content (AvgIpc) is 1.60. The third-order valence-corrected chi connectivity index (χ3v) is 20.3. The SMILES string of the molecule is Cc1cc(Br)c(=O)n2c1C(=O)NC21CCN(CC(F)F)CC1.Cc1cc(Nc2ncnc(N)c2Cl)c(=O)n2c1C(=O)NC21CCN(CC(F)F)CC1.Cc1cc(Nc2ncnc(NC(=O)C3CC3)c2Cl)c(=O)n2c1C(=O)NC21CCN(CC(F)F)CC1.Nc1ncnc(NC(=O)C2CC2)c1Cl.[K+].[OH-]. The second-order valence-corrected chi connectivity index (χ2v) is 27.7. The van der Waals surface area contributed by atoms with Crippen LogP contribution in [0, 0.1) is 32.6 Å². The molecule has 30 nitrogen and oxygen atoms in total. The Kier molecular flexibility index (Phi) is 25.5. The molecule has 12 N–H and O–H groups in total. The van der Waals surface area contributed by atoms with E-state index >= 15 is 0 Å². The number of aromatic nitrogens is 9. The van der Waals surface area contributed by atoms with Gasteiger partial charge in [0.2, 0.25) is 11.8 Å². The van der Waals surface area contributed by atoms with Gasteiger partial charge in [-0.05, 0) is 97.3 Å². The molecule has 3 spiro atoms. The molecule has 5 fully saturated rings. The number of fused-ring (bicyclic) bond motifs is 6. The van der Waals surface area contributed by atoms with Gasteiger partial charge in [0.05, 0.1) is 24.1 Å². The summed E-state index contributed by atoms with van der Waals surface area (Å²) in [6.45, 7) is 6.39. The molecule has 0 bridgehead atoms. The number of nitrogens with one attached hydrogen (secondary N) is 7. The van der Waals surface area contributed by atoms with Gasteiger partial charge in [0.15, 0.2) is 23.3 Å². The molecule has 0 atom stereocenters. The van der Waals surface area contributed by atoms with E-state index in [9.17, 15) is 64.7 Å². The van der Waals surface area contributed by atoms with Crippen molar-refractivity contribution in [3.63, 3.8) is 0 Å². The van der Waals surface area contributed by atoms with Crippen molar-refractivity contribution in [1.29, 1.82) is 0 Å². The third-order valence-electron chi connectivity index (χ3n) is 18.6. The average molecular weight is 1590 g/mol. The Morgan fingerprint density at radius 2 is 0.796 bits per heavy atom. The summed E-state index contributed by atoms with van der Waals surface area (Å²) in [5, 5.41) is 20.2. The number of hydrogen-bond acceptors (Lipinski definition) is 22. The fourth-order valence-corrected chi connectivity index (χ4v) is 14.2. The Bertz CT molecular complexity index is 4460. The molecule has 12 heterocycles. The summed E-state index contributed by atoms with van der Waals surface area (Å²) >= 11 is 21.6. The van der Waals surface area contributed by atoms with Gasteiger partial charge >= 0.3 is 51.4 Å². The Morgan fingerprint density at radius 3 is 1.14 bits per heavy atom. The Hall–Kier alpha value is -6.95. The Morgan fingerprint density at radius 1 is 0.505 bits per heavy atom. The molecule has 41 heteroatoms. The third kappa shape index (κ3) is 17.3. The van der Waals surface area contributed by atoms with Crippen molar-refractivity contribution in [2.75, 3.05) is 91.6 Å². The van der Waals surface area contributed by atoms with Crippen molar-refractivity contribution in [2.45, 2.75) is 121 Å². The maximum Gasteiger partial charge on any atom is 1.00 e. The predicted octanol–water partition coefficient (Wildman–Crippen LogP) is 3.70. The van der Waals surface area contributed by atoms with E-state index in [1.165, 1.54) is 32.7 Å². The molecular formula is C62H70BrCl3F6KN21O9. The standard InChI is InChI=1S/C22H24ClF2N7O3.C18H20ClF2N7O2.C14H16BrF2N3O2.C8H9ClN4O.K.H2O/c1-11-8-13(28-17-15(23)18(27-10-26-17)29-19(33)12-2-3-12)21(35)32-16(11)20(34)30-22(32)4-6-31(7-5-22)9-14(24)25;1-9-6-10(25-15-12(19)14(22)23-8-24-15)17(30)28-13(9)16(29)26-18(28)2-4-27(5-3-18)7-11(20)21;1-8-6-9(15)13(22)20-11(8)12(21)18-14(20)2-4-19(5-3-14)7-10(16)17;9-5-6(10)11-3-12-7(5)13-8(14)4-1-2-4;;/h8,10,12,14H,2-7,9H2,1H3,(H,30,34)(H2,26,27,28,29,33);6,8,11H,2-5,7H2,1H3,(H,26,29)(H3,22,23,24,25);6,10H,2-5,7H2,1H3,(H,18,21);3-4H,1-2H2,(H3,10,11,12,13,14);;1H2/q;;;;+1;/p-1. The number of likely N-dealkylation sites (tertiary alicyclic amines) is 3. The van der Waals surface area contributed by atoms with Gasteiger partial charge in [0.25, 0.3) is 53.7 Å². The van der Waals surface area contributed by atoms with Gasteiger partial charge in [-0.25, -0.2) is 56.2 Å². The van der Waals surface area contributed by atoms with E-state index in [1.807, 2.05) is 0 Å². The second kappa shape index (κ2) is 32.8. The van der Waals surface area contributed by atoms with Gasteiger partial charge < -0.3 is 54.2 Å². The van der Waals surface area contributed by atoms with E-state index in [1.54, 1.807) is 53.7 Å². The molecule has 0 aromatic carbocycles. The quantitative estimate of drug-likeness (QED) is 0.0554. The number of nitrogens with two attached hydrogens (primary N) is 2. The normalized spacial score (nSPS) is 18.2. The summed E-state index contributed by atoms with van der Waals surface area (Å²) in [6, 6.07) is 4.73. The monoisotopic (exact) mass is 1590 g/mol. The van der Waals surface area contributed by atoms with Crippen LogP contribution in [0.5, 0.6) is 0 Å². The second-order valence-electron chi connectivity index (χ2n) is 25.7. The van der Waals surface area contributed by atoms with Crippen LogP contribution in [0.3, 0.4) is 0 Å². The molecule has 14 rings (SSSR count). The minimum Gasteiger partial charge on any atom is -0.870 e.